The highest BCUT2D eigenvalue weighted by molar-refractivity contribution is 9.11. The zero-order chi connectivity index (χ0) is 11.4. The molecule has 0 radical (unpaired) electrons. The molecule has 82 valence electrons. The van der Waals surface area contributed by atoms with Crippen molar-refractivity contribution in [1.29, 1.82) is 0 Å². The maximum Gasteiger partial charge on any atom is 0.116 e. The second-order valence-corrected chi connectivity index (χ2v) is 5.87. The minimum atomic E-state index is 1.20. The summed E-state index contributed by atoms with van der Waals surface area (Å²) in [6, 6.07) is 17.0. The van der Waals surface area contributed by atoms with E-state index in [-0.39, 0.29) is 0 Å². The van der Waals surface area contributed by atoms with Gasteiger partial charge in [0.15, 0.2) is 0 Å². The van der Waals surface area contributed by atoms with Gasteiger partial charge in [0.05, 0.1) is 20.2 Å². The van der Waals surface area contributed by atoms with Crippen LogP contribution < -0.4 is 0 Å². The van der Waals surface area contributed by atoms with Crippen LogP contribution in [0.5, 0.6) is 0 Å². The molecule has 2 aromatic heterocycles. The molecule has 0 saturated carbocycles. The van der Waals surface area contributed by atoms with Gasteiger partial charge >= 0.3 is 0 Å². The summed E-state index contributed by atoms with van der Waals surface area (Å²) in [6.07, 6.45) is 0. The molecule has 0 N–H and O–H groups in total. The molecule has 2 aromatic carbocycles. The second kappa shape index (κ2) is 3.34. The van der Waals surface area contributed by atoms with Gasteiger partial charge in [0, 0.05) is 5.39 Å². The molecule has 0 bridgehead atoms. The normalized spacial score (nSPS) is 11.8. The van der Waals surface area contributed by atoms with E-state index in [4.69, 9.17) is 0 Å². The van der Waals surface area contributed by atoms with E-state index in [1.54, 1.807) is 0 Å². The predicted molar refractivity (Wildman–Crippen MR) is 78.0 cm³/mol. The summed E-state index contributed by atoms with van der Waals surface area (Å²) in [5.41, 5.74) is 2.56. The molecule has 0 atom stereocenters. The van der Waals surface area contributed by atoms with Gasteiger partial charge in [0.2, 0.25) is 0 Å². The highest BCUT2D eigenvalue weighted by Crippen LogP contribution is 2.39. The number of hydrogen-bond acceptors (Lipinski definition) is 1. The number of nitrogens with zero attached hydrogens (tertiary/aromatic N) is 1. The Hall–Kier alpha value is -1.32. The van der Waals surface area contributed by atoms with Crippen LogP contribution in [0, 0.1) is 0 Å². The van der Waals surface area contributed by atoms with Crippen molar-refractivity contribution < 1.29 is 0 Å². The maximum atomic E-state index is 3.72. The number of benzene rings is 2. The van der Waals surface area contributed by atoms with E-state index in [9.17, 15) is 0 Å². The van der Waals surface area contributed by atoms with Crippen molar-refractivity contribution in [1.82, 2.24) is 4.40 Å². The van der Waals surface area contributed by atoms with Gasteiger partial charge in [-0.25, -0.2) is 0 Å². The minimum Gasteiger partial charge on any atom is -0.299 e. The first-order valence-corrected chi connectivity index (χ1v) is 7.03. The molecule has 0 unspecified atom stereocenters. The number of thiazole rings is 1. The van der Waals surface area contributed by atoms with Crippen LogP contribution in [-0.2, 0) is 0 Å². The van der Waals surface area contributed by atoms with E-state index in [0.29, 0.717) is 0 Å². The maximum absolute atomic E-state index is 3.72. The SMILES string of the molecule is Brc1c2ccccc2n2c1sc1ccccc12. The van der Waals surface area contributed by atoms with Crippen LogP contribution in [0.25, 0.3) is 25.9 Å². The predicted octanol–water partition coefficient (Wildman–Crippen LogP) is 5.07. The summed E-state index contributed by atoms with van der Waals surface area (Å²) < 4.78 is 4.86. The smallest absolute Gasteiger partial charge is 0.116 e. The average molecular weight is 302 g/mol. The van der Waals surface area contributed by atoms with Crippen molar-refractivity contribution in [3.8, 4) is 0 Å². The van der Waals surface area contributed by atoms with Crippen molar-refractivity contribution in [2.24, 2.45) is 0 Å². The second-order valence-electron chi connectivity index (χ2n) is 4.04. The summed E-state index contributed by atoms with van der Waals surface area (Å²) in [5, 5.41) is 1.28. The van der Waals surface area contributed by atoms with Gasteiger partial charge in [-0.15, -0.1) is 11.3 Å². The Kier molecular flexibility index (Phi) is 1.90. The van der Waals surface area contributed by atoms with Crippen molar-refractivity contribution in [3.63, 3.8) is 0 Å². The standard InChI is InChI=1S/C14H8BrNS/c15-13-9-5-1-2-6-10(9)16-11-7-3-4-8-12(11)17-14(13)16/h1-8H. The minimum absolute atomic E-state index is 1.20. The third-order valence-electron chi connectivity index (χ3n) is 3.09. The molecule has 0 aliphatic rings. The van der Waals surface area contributed by atoms with E-state index >= 15 is 0 Å². The van der Waals surface area contributed by atoms with E-state index in [0.717, 1.165) is 0 Å². The number of fused-ring (bicyclic) bond motifs is 5. The zero-order valence-electron chi connectivity index (χ0n) is 8.85. The lowest BCUT2D eigenvalue weighted by Gasteiger charge is -1.94. The molecule has 0 amide bonds. The van der Waals surface area contributed by atoms with Gasteiger partial charge in [-0.2, -0.15) is 0 Å². The lowest BCUT2D eigenvalue weighted by Crippen LogP contribution is -1.78. The molecule has 0 saturated heterocycles. The van der Waals surface area contributed by atoms with E-state index in [1.807, 2.05) is 11.3 Å². The zero-order valence-corrected chi connectivity index (χ0v) is 11.3. The highest BCUT2D eigenvalue weighted by atomic mass is 79.9. The first-order chi connectivity index (χ1) is 8.36. The van der Waals surface area contributed by atoms with Crippen molar-refractivity contribution in [2.45, 2.75) is 0 Å². The van der Waals surface area contributed by atoms with Crippen molar-refractivity contribution in [3.05, 3.63) is 53.0 Å². The summed E-state index contributed by atoms with van der Waals surface area (Å²) in [6.45, 7) is 0. The van der Waals surface area contributed by atoms with Gasteiger partial charge in [-0.3, -0.25) is 4.40 Å². The third kappa shape index (κ3) is 1.18. The Morgan fingerprint density at radius 2 is 1.59 bits per heavy atom. The largest absolute Gasteiger partial charge is 0.299 e. The number of para-hydroxylation sites is 2. The molecule has 3 heteroatoms. The van der Waals surface area contributed by atoms with Gasteiger partial charge in [0.25, 0.3) is 0 Å². The van der Waals surface area contributed by atoms with Gasteiger partial charge < -0.3 is 0 Å². The van der Waals surface area contributed by atoms with Gasteiger partial charge in [0.1, 0.15) is 4.83 Å². The van der Waals surface area contributed by atoms with Crippen LogP contribution in [0.3, 0.4) is 0 Å². The molecular weight excluding hydrogens is 294 g/mol. The Morgan fingerprint density at radius 3 is 2.47 bits per heavy atom. The number of halogens is 1. The molecule has 0 fully saturated rings. The van der Waals surface area contributed by atoms with Gasteiger partial charge in [-0.1, -0.05) is 30.3 Å². The van der Waals surface area contributed by atoms with E-state index in [2.05, 4.69) is 68.9 Å². The van der Waals surface area contributed by atoms with Crippen LogP contribution in [0.15, 0.2) is 53.0 Å². The van der Waals surface area contributed by atoms with Crippen LogP contribution in [0.4, 0.5) is 0 Å². The lowest BCUT2D eigenvalue weighted by molar-refractivity contribution is 1.37. The molecule has 4 rings (SSSR count). The summed E-state index contributed by atoms with van der Waals surface area (Å²) in [5.74, 6) is 0. The van der Waals surface area contributed by atoms with Crippen molar-refractivity contribution >= 4 is 53.2 Å². The molecule has 2 heterocycles. The first-order valence-electron chi connectivity index (χ1n) is 5.42. The third-order valence-corrected chi connectivity index (χ3v) is 5.30. The topological polar surface area (TPSA) is 4.41 Å². The molecule has 1 nitrogen and oxygen atoms in total. The summed E-state index contributed by atoms with van der Waals surface area (Å²) in [4.78, 5) is 1.28. The van der Waals surface area contributed by atoms with Gasteiger partial charge in [-0.05, 0) is 34.1 Å². The summed E-state index contributed by atoms with van der Waals surface area (Å²) >= 11 is 5.55. The molecule has 17 heavy (non-hydrogen) atoms. The Labute approximate surface area is 110 Å². The fourth-order valence-corrected chi connectivity index (χ4v) is 4.20. The van der Waals surface area contributed by atoms with Crippen LogP contribution >= 0.6 is 27.3 Å². The lowest BCUT2D eigenvalue weighted by atomic mass is 10.2. The Balaban J connectivity index is 2.41. The average Bonchev–Trinajstić information content (AvgIpc) is 2.88. The summed E-state index contributed by atoms with van der Waals surface area (Å²) in [7, 11) is 0. The van der Waals surface area contributed by atoms with E-state index in [1.165, 1.54) is 30.4 Å². The fourth-order valence-electron chi connectivity index (χ4n) is 2.34. The number of rotatable bonds is 0. The Morgan fingerprint density at radius 1 is 0.882 bits per heavy atom. The molecule has 0 aliphatic heterocycles. The van der Waals surface area contributed by atoms with Crippen LogP contribution in [-0.4, -0.2) is 4.40 Å². The molecule has 0 aliphatic carbocycles. The first kappa shape index (κ1) is 9.68. The van der Waals surface area contributed by atoms with Crippen molar-refractivity contribution in [2.75, 3.05) is 0 Å². The number of aromatic nitrogens is 1. The van der Waals surface area contributed by atoms with Crippen LogP contribution in [0.1, 0.15) is 0 Å². The quantitative estimate of drug-likeness (QED) is 0.427. The number of hydrogen-bond donors (Lipinski definition) is 0. The fraction of sp³-hybridized carbons (Fsp3) is 0. The monoisotopic (exact) mass is 301 g/mol. The van der Waals surface area contributed by atoms with Crippen LogP contribution in [0.2, 0.25) is 0 Å². The molecular formula is C14H8BrNS. The Bertz CT molecular complexity index is 856. The molecule has 4 aromatic rings. The van der Waals surface area contributed by atoms with E-state index < -0.39 is 0 Å². The highest BCUT2D eigenvalue weighted by Gasteiger charge is 2.13. The molecule has 0 spiro atoms.